The van der Waals surface area contributed by atoms with E-state index < -0.39 is 0 Å². The van der Waals surface area contributed by atoms with Gasteiger partial charge in [-0.1, -0.05) is 19.0 Å². The van der Waals surface area contributed by atoms with Crippen LogP contribution in [0.1, 0.15) is 13.8 Å². The SMILES string of the molecule is CC(C)(CN=[N+]=[N-])COCCOCC[O-]. The second-order valence-corrected chi connectivity index (χ2v) is 3.92. The minimum absolute atomic E-state index is 0.162. The van der Waals surface area contributed by atoms with Crippen molar-refractivity contribution in [3.8, 4) is 0 Å². The van der Waals surface area contributed by atoms with Gasteiger partial charge in [0.15, 0.2) is 0 Å². The lowest BCUT2D eigenvalue weighted by molar-refractivity contribution is -0.374. The molecular formula is C9H18N3O3-. The molecule has 6 nitrogen and oxygen atoms in total. The van der Waals surface area contributed by atoms with Crippen molar-refractivity contribution < 1.29 is 14.6 Å². The van der Waals surface area contributed by atoms with Gasteiger partial charge in [-0.25, -0.2) is 0 Å². The molecule has 0 N–H and O–H groups in total. The molecule has 0 aliphatic carbocycles. The highest BCUT2D eigenvalue weighted by Crippen LogP contribution is 2.15. The number of rotatable bonds is 9. The Morgan fingerprint density at radius 1 is 1.27 bits per heavy atom. The summed E-state index contributed by atoms with van der Waals surface area (Å²) in [4.78, 5) is 2.70. The zero-order chi connectivity index (χ0) is 11.6. The van der Waals surface area contributed by atoms with E-state index in [9.17, 15) is 5.11 Å². The largest absolute Gasteiger partial charge is 0.853 e. The zero-order valence-corrected chi connectivity index (χ0v) is 9.31. The second-order valence-electron chi connectivity index (χ2n) is 3.92. The third-order valence-electron chi connectivity index (χ3n) is 1.65. The molecule has 6 heteroatoms. The molecule has 0 amide bonds. The minimum Gasteiger partial charge on any atom is -0.853 e. The number of hydrogen-bond donors (Lipinski definition) is 0. The van der Waals surface area contributed by atoms with Crippen LogP contribution >= 0.6 is 0 Å². The highest BCUT2D eigenvalue weighted by molar-refractivity contribution is 4.70. The molecule has 0 unspecified atom stereocenters. The third kappa shape index (κ3) is 9.49. The smallest absolute Gasteiger partial charge is 0.0700 e. The topological polar surface area (TPSA) is 90.3 Å². The number of ether oxygens (including phenoxy) is 2. The Hall–Kier alpha value is -0.810. The first-order valence-corrected chi connectivity index (χ1v) is 4.87. The maximum atomic E-state index is 10.0. The van der Waals surface area contributed by atoms with E-state index >= 15 is 0 Å². The average Bonchev–Trinajstić information content (AvgIpc) is 2.20. The summed E-state index contributed by atoms with van der Waals surface area (Å²) in [6, 6.07) is 0. The van der Waals surface area contributed by atoms with Crippen LogP contribution in [0.5, 0.6) is 0 Å². The summed E-state index contributed by atoms with van der Waals surface area (Å²) in [6.45, 7) is 5.73. The van der Waals surface area contributed by atoms with Crippen molar-refractivity contribution in [2.75, 3.05) is 39.6 Å². The summed E-state index contributed by atoms with van der Waals surface area (Å²) >= 11 is 0. The molecule has 88 valence electrons. The lowest BCUT2D eigenvalue weighted by Crippen LogP contribution is -2.24. The van der Waals surface area contributed by atoms with Crippen molar-refractivity contribution in [3.05, 3.63) is 10.4 Å². The van der Waals surface area contributed by atoms with Crippen molar-refractivity contribution in [2.45, 2.75) is 13.8 Å². The lowest BCUT2D eigenvalue weighted by atomic mass is 9.95. The predicted molar refractivity (Wildman–Crippen MR) is 54.3 cm³/mol. The maximum absolute atomic E-state index is 10.0. The van der Waals surface area contributed by atoms with Crippen LogP contribution in [0, 0.1) is 5.41 Å². The van der Waals surface area contributed by atoms with Gasteiger partial charge in [0, 0.05) is 18.1 Å². The van der Waals surface area contributed by atoms with Gasteiger partial charge in [-0.05, 0) is 10.9 Å². The fourth-order valence-corrected chi connectivity index (χ4v) is 0.896. The molecule has 0 aliphatic rings. The first kappa shape index (κ1) is 14.2. The quantitative estimate of drug-likeness (QED) is 0.246. The molecule has 0 atom stereocenters. The van der Waals surface area contributed by atoms with Crippen molar-refractivity contribution in [1.29, 1.82) is 0 Å². The van der Waals surface area contributed by atoms with Crippen molar-refractivity contribution in [1.82, 2.24) is 0 Å². The van der Waals surface area contributed by atoms with E-state index in [0.29, 0.717) is 26.4 Å². The number of nitrogens with zero attached hydrogens (tertiary/aromatic N) is 3. The van der Waals surface area contributed by atoms with Gasteiger partial charge in [0.1, 0.15) is 0 Å². The molecule has 0 fully saturated rings. The van der Waals surface area contributed by atoms with E-state index in [1.165, 1.54) is 0 Å². The first-order valence-electron chi connectivity index (χ1n) is 4.87. The number of hydrogen-bond acceptors (Lipinski definition) is 4. The van der Waals surface area contributed by atoms with Gasteiger partial charge in [-0.2, -0.15) is 0 Å². The molecular weight excluding hydrogens is 198 g/mol. The molecule has 0 radical (unpaired) electrons. The highest BCUT2D eigenvalue weighted by Gasteiger charge is 2.16. The molecule has 0 bridgehead atoms. The van der Waals surface area contributed by atoms with E-state index in [4.69, 9.17) is 15.0 Å². The van der Waals surface area contributed by atoms with Gasteiger partial charge < -0.3 is 14.6 Å². The van der Waals surface area contributed by atoms with Crippen LogP contribution in [-0.4, -0.2) is 39.6 Å². The Kier molecular flexibility index (Phi) is 8.04. The molecule has 0 saturated heterocycles. The minimum atomic E-state index is -0.220. The Morgan fingerprint density at radius 2 is 1.93 bits per heavy atom. The van der Waals surface area contributed by atoms with Gasteiger partial charge in [0.2, 0.25) is 0 Å². The van der Waals surface area contributed by atoms with Crippen LogP contribution < -0.4 is 5.11 Å². The van der Waals surface area contributed by atoms with Gasteiger partial charge in [0.25, 0.3) is 0 Å². The maximum Gasteiger partial charge on any atom is 0.0700 e. The highest BCUT2D eigenvalue weighted by atomic mass is 16.5. The second kappa shape index (κ2) is 8.49. The van der Waals surface area contributed by atoms with E-state index in [-0.39, 0.29) is 18.6 Å². The normalized spacial score (nSPS) is 11.1. The van der Waals surface area contributed by atoms with E-state index in [1.807, 2.05) is 13.8 Å². The van der Waals surface area contributed by atoms with Gasteiger partial charge >= 0.3 is 0 Å². The van der Waals surface area contributed by atoms with Crippen molar-refractivity contribution in [3.63, 3.8) is 0 Å². The fourth-order valence-electron chi connectivity index (χ4n) is 0.896. The van der Waals surface area contributed by atoms with Gasteiger partial charge in [-0.15, -0.1) is 6.61 Å². The van der Waals surface area contributed by atoms with Crippen molar-refractivity contribution >= 4 is 0 Å². The Balaban J connectivity index is 3.44. The molecule has 0 aromatic heterocycles. The summed E-state index contributed by atoms with van der Waals surface area (Å²) in [5, 5.41) is 13.5. The molecule has 0 rings (SSSR count). The summed E-state index contributed by atoms with van der Waals surface area (Å²) < 4.78 is 10.3. The summed E-state index contributed by atoms with van der Waals surface area (Å²) in [7, 11) is 0. The summed E-state index contributed by atoms with van der Waals surface area (Å²) in [6.07, 6.45) is 0. The first-order chi connectivity index (χ1) is 7.12. The average molecular weight is 216 g/mol. The van der Waals surface area contributed by atoms with E-state index in [1.54, 1.807) is 0 Å². The third-order valence-corrected chi connectivity index (χ3v) is 1.65. The molecule has 0 heterocycles. The Labute approximate surface area is 89.8 Å². The van der Waals surface area contributed by atoms with Crippen LogP contribution in [0.4, 0.5) is 0 Å². The predicted octanol–water partition coefficient (Wildman–Crippen LogP) is 0.716. The van der Waals surface area contributed by atoms with Crippen LogP contribution in [0.15, 0.2) is 5.11 Å². The fraction of sp³-hybridized carbons (Fsp3) is 1.00. The molecule has 0 saturated carbocycles. The monoisotopic (exact) mass is 216 g/mol. The summed E-state index contributed by atoms with van der Waals surface area (Å²) in [5.74, 6) is 0. The Morgan fingerprint density at radius 3 is 2.53 bits per heavy atom. The van der Waals surface area contributed by atoms with E-state index in [2.05, 4.69) is 10.0 Å². The molecule has 0 spiro atoms. The molecule has 0 aromatic carbocycles. The van der Waals surface area contributed by atoms with Crippen LogP contribution in [0.25, 0.3) is 10.4 Å². The van der Waals surface area contributed by atoms with Gasteiger partial charge in [0.05, 0.1) is 19.8 Å². The molecule has 0 aliphatic heterocycles. The van der Waals surface area contributed by atoms with Crippen molar-refractivity contribution in [2.24, 2.45) is 10.5 Å². The zero-order valence-electron chi connectivity index (χ0n) is 9.31. The molecule has 15 heavy (non-hydrogen) atoms. The Bertz CT molecular complexity index is 203. The van der Waals surface area contributed by atoms with E-state index in [0.717, 1.165) is 0 Å². The lowest BCUT2D eigenvalue weighted by Gasteiger charge is -2.21. The van der Waals surface area contributed by atoms with Crippen LogP contribution in [-0.2, 0) is 9.47 Å². The van der Waals surface area contributed by atoms with Gasteiger partial charge in [-0.3, -0.25) is 0 Å². The standard InChI is InChI=1S/C9H18N3O3/c1-9(2,7-11-12-10)8-15-6-5-14-4-3-13/h3-8H2,1-2H3/q-1. The number of azide groups is 1. The molecule has 0 aromatic rings. The van der Waals surface area contributed by atoms with Crippen LogP contribution in [0.2, 0.25) is 0 Å². The van der Waals surface area contributed by atoms with Crippen LogP contribution in [0.3, 0.4) is 0 Å². The summed E-state index contributed by atoms with van der Waals surface area (Å²) in [5.41, 5.74) is 8.00.